The fraction of sp³-hybridized carbons (Fsp3) is 0.450. The zero-order valence-corrected chi connectivity index (χ0v) is 17.7. The number of carbonyl (C=O) groups is 1. The minimum Gasteiger partial charge on any atom is -0.388 e. The zero-order valence-electron chi connectivity index (χ0n) is 16.1. The number of hydrogen-bond donors (Lipinski definition) is 3. The van der Waals surface area contributed by atoms with Gasteiger partial charge in [-0.2, -0.15) is 0 Å². The van der Waals surface area contributed by atoms with Crippen LogP contribution in [0.1, 0.15) is 55.4 Å². The number of amides is 1. The van der Waals surface area contributed by atoms with Crippen molar-refractivity contribution in [2.75, 3.05) is 11.9 Å². The third kappa shape index (κ3) is 4.63. The molecule has 0 spiro atoms. The number of aliphatic hydroxyl groups is 1. The summed E-state index contributed by atoms with van der Waals surface area (Å²) in [7, 11) is -3.66. The van der Waals surface area contributed by atoms with Gasteiger partial charge in [-0.25, -0.2) is 13.1 Å². The molecule has 28 heavy (non-hydrogen) atoms. The molecule has 1 aliphatic carbocycles. The maximum atomic E-state index is 12.8. The van der Waals surface area contributed by atoms with Gasteiger partial charge in [0.25, 0.3) is 0 Å². The summed E-state index contributed by atoms with van der Waals surface area (Å²) in [6.07, 6.45) is 3.47. The molecule has 1 aliphatic rings. The molecule has 1 aromatic carbocycles. The summed E-state index contributed by atoms with van der Waals surface area (Å²) in [5.41, 5.74) is 0.337. The van der Waals surface area contributed by atoms with Gasteiger partial charge in [-0.15, -0.1) is 11.3 Å². The number of aliphatic hydroxyl groups excluding tert-OH is 1. The van der Waals surface area contributed by atoms with Gasteiger partial charge in [-0.05, 0) is 56.2 Å². The van der Waals surface area contributed by atoms with E-state index in [9.17, 15) is 18.3 Å². The van der Waals surface area contributed by atoms with Crippen LogP contribution in [0.2, 0.25) is 0 Å². The molecule has 1 fully saturated rings. The number of rotatable bonds is 7. The van der Waals surface area contributed by atoms with Gasteiger partial charge in [0.2, 0.25) is 15.9 Å². The second kappa shape index (κ2) is 8.32. The van der Waals surface area contributed by atoms with E-state index in [4.69, 9.17) is 0 Å². The summed E-state index contributed by atoms with van der Waals surface area (Å²) in [4.78, 5) is 13.3. The minimum atomic E-state index is -3.66. The molecule has 1 amide bonds. The van der Waals surface area contributed by atoms with Crippen molar-refractivity contribution < 1.29 is 18.3 Å². The third-order valence-electron chi connectivity index (χ3n) is 5.21. The maximum Gasteiger partial charge on any atom is 0.240 e. The lowest BCUT2D eigenvalue weighted by atomic mass is 9.85. The molecule has 1 aromatic heterocycles. The Hall–Kier alpha value is -1.74. The van der Waals surface area contributed by atoms with Crippen LogP contribution in [0.15, 0.2) is 41.3 Å². The van der Waals surface area contributed by atoms with Crippen molar-refractivity contribution in [2.45, 2.75) is 55.9 Å². The number of carbonyl (C=O) groups excluding carboxylic acids is 1. The van der Waals surface area contributed by atoms with Crippen molar-refractivity contribution in [2.24, 2.45) is 0 Å². The lowest BCUT2D eigenvalue weighted by Gasteiger charge is -2.28. The van der Waals surface area contributed by atoms with E-state index in [-0.39, 0.29) is 16.2 Å². The van der Waals surface area contributed by atoms with Crippen LogP contribution in [0.4, 0.5) is 5.69 Å². The van der Waals surface area contributed by atoms with Crippen LogP contribution >= 0.6 is 11.3 Å². The summed E-state index contributed by atoms with van der Waals surface area (Å²) in [6, 6.07) is 10.1. The Labute approximate surface area is 170 Å². The van der Waals surface area contributed by atoms with Crippen LogP contribution in [-0.4, -0.2) is 26.0 Å². The van der Waals surface area contributed by atoms with Gasteiger partial charge in [-0.3, -0.25) is 4.79 Å². The van der Waals surface area contributed by atoms with Gasteiger partial charge >= 0.3 is 0 Å². The standard InChI is InChI=1S/C20H26N2O4S2/c1-14(23)18-9-10-19(27-18)20(11-3-4-12-20)13-21-28(25,26)17-7-5-16(6-8-17)22-15(2)24/h5-10,14,21,23H,3-4,11-13H2,1-2H3,(H,22,24). The first-order chi connectivity index (χ1) is 13.2. The molecule has 1 saturated carbocycles. The normalized spacial score (nSPS) is 17.4. The smallest absolute Gasteiger partial charge is 0.240 e. The molecule has 152 valence electrons. The quantitative estimate of drug-likeness (QED) is 0.636. The summed E-state index contributed by atoms with van der Waals surface area (Å²) in [6.45, 7) is 3.48. The molecule has 0 aliphatic heterocycles. The van der Waals surface area contributed by atoms with Crippen molar-refractivity contribution in [1.29, 1.82) is 0 Å². The van der Waals surface area contributed by atoms with Crippen LogP contribution in [0, 0.1) is 0 Å². The van der Waals surface area contributed by atoms with E-state index < -0.39 is 16.1 Å². The summed E-state index contributed by atoms with van der Waals surface area (Å²) in [5.74, 6) is -0.204. The zero-order chi connectivity index (χ0) is 20.4. The Balaban J connectivity index is 1.76. The summed E-state index contributed by atoms with van der Waals surface area (Å²) in [5, 5.41) is 12.4. The van der Waals surface area contributed by atoms with Gasteiger partial charge < -0.3 is 10.4 Å². The molecule has 3 rings (SSSR count). The largest absolute Gasteiger partial charge is 0.388 e. The Morgan fingerprint density at radius 2 is 1.82 bits per heavy atom. The third-order valence-corrected chi connectivity index (χ3v) is 8.13. The van der Waals surface area contributed by atoms with E-state index in [0.717, 1.165) is 35.4 Å². The number of nitrogens with one attached hydrogen (secondary N) is 2. The SMILES string of the molecule is CC(=O)Nc1ccc(S(=O)(=O)NCC2(c3ccc(C(C)O)s3)CCCC2)cc1. The van der Waals surface area contributed by atoms with E-state index >= 15 is 0 Å². The van der Waals surface area contributed by atoms with Gasteiger partial charge in [0.15, 0.2) is 0 Å². The van der Waals surface area contributed by atoms with Crippen molar-refractivity contribution in [3.05, 3.63) is 46.2 Å². The molecule has 0 radical (unpaired) electrons. The second-order valence-electron chi connectivity index (χ2n) is 7.40. The first-order valence-electron chi connectivity index (χ1n) is 9.37. The van der Waals surface area contributed by atoms with E-state index in [2.05, 4.69) is 10.0 Å². The number of anilines is 1. The van der Waals surface area contributed by atoms with Crippen LogP contribution in [0.25, 0.3) is 0 Å². The van der Waals surface area contributed by atoms with Gasteiger partial charge in [0.05, 0.1) is 11.0 Å². The van der Waals surface area contributed by atoms with Crippen LogP contribution in [0.3, 0.4) is 0 Å². The Kier molecular flexibility index (Phi) is 6.24. The minimum absolute atomic E-state index is 0.172. The topological polar surface area (TPSA) is 95.5 Å². The molecule has 3 N–H and O–H groups in total. The highest BCUT2D eigenvalue weighted by Gasteiger charge is 2.38. The van der Waals surface area contributed by atoms with Gasteiger partial charge in [-0.1, -0.05) is 12.8 Å². The molecule has 2 aromatic rings. The van der Waals surface area contributed by atoms with E-state index in [1.807, 2.05) is 12.1 Å². The number of hydrogen-bond acceptors (Lipinski definition) is 5. The highest BCUT2D eigenvalue weighted by molar-refractivity contribution is 7.89. The van der Waals surface area contributed by atoms with Gasteiger partial charge in [0, 0.05) is 34.3 Å². The Bertz CT molecular complexity index is 927. The van der Waals surface area contributed by atoms with Crippen LogP contribution in [-0.2, 0) is 20.2 Å². The molecule has 8 heteroatoms. The molecular formula is C20H26N2O4S2. The Morgan fingerprint density at radius 3 is 2.36 bits per heavy atom. The molecule has 6 nitrogen and oxygen atoms in total. The van der Waals surface area contributed by atoms with Crippen LogP contribution < -0.4 is 10.0 Å². The highest BCUT2D eigenvalue weighted by Crippen LogP contribution is 2.44. The molecule has 1 unspecified atom stereocenters. The van der Waals surface area contributed by atoms with E-state index in [0.29, 0.717) is 12.2 Å². The molecule has 0 saturated heterocycles. The van der Waals surface area contributed by atoms with Crippen molar-refractivity contribution in [1.82, 2.24) is 4.72 Å². The fourth-order valence-electron chi connectivity index (χ4n) is 3.66. The predicted molar refractivity (Wildman–Crippen MR) is 111 cm³/mol. The molecule has 1 atom stereocenters. The average Bonchev–Trinajstić information content (AvgIpc) is 3.30. The van der Waals surface area contributed by atoms with E-state index in [1.54, 1.807) is 30.4 Å². The highest BCUT2D eigenvalue weighted by atomic mass is 32.2. The number of thiophene rings is 1. The summed E-state index contributed by atoms with van der Waals surface area (Å²) < 4.78 is 28.3. The predicted octanol–water partition coefficient (Wildman–Crippen LogP) is 3.55. The van der Waals surface area contributed by atoms with Crippen molar-refractivity contribution >= 4 is 33.0 Å². The monoisotopic (exact) mass is 422 g/mol. The number of benzene rings is 1. The second-order valence-corrected chi connectivity index (χ2v) is 10.3. The maximum absolute atomic E-state index is 12.8. The van der Waals surface area contributed by atoms with Crippen molar-refractivity contribution in [3.8, 4) is 0 Å². The summed E-state index contributed by atoms with van der Waals surface area (Å²) >= 11 is 1.57. The Morgan fingerprint density at radius 1 is 1.18 bits per heavy atom. The molecule has 1 heterocycles. The average molecular weight is 423 g/mol. The van der Waals surface area contributed by atoms with Gasteiger partial charge in [0.1, 0.15) is 0 Å². The lowest BCUT2D eigenvalue weighted by molar-refractivity contribution is -0.114. The fourth-order valence-corrected chi connectivity index (χ4v) is 5.98. The first-order valence-corrected chi connectivity index (χ1v) is 11.7. The lowest BCUT2D eigenvalue weighted by Crippen LogP contribution is -2.38. The van der Waals surface area contributed by atoms with Crippen LogP contribution in [0.5, 0.6) is 0 Å². The van der Waals surface area contributed by atoms with E-state index in [1.165, 1.54) is 19.1 Å². The number of sulfonamides is 1. The first kappa shape index (κ1) is 21.0. The molecule has 0 bridgehead atoms. The van der Waals surface area contributed by atoms with Crippen molar-refractivity contribution in [3.63, 3.8) is 0 Å². The molecular weight excluding hydrogens is 396 g/mol.